The number of benzene rings is 2. The topological polar surface area (TPSA) is 214 Å². The van der Waals surface area contributed by atoms with E-state index in [4.69, 9.17) is 11.5 Å². The Kier molecular flexibility index (Phi) is 12.8. The van der Waals surface area contributed by atoms with Gasteiger partial charge in [-0.1, -0.05) is 56.3 Å². The number of aromatic hydroxyl groups is 1. The Labute approximate surface area is 238 Å². The lowest BCUT2D eigenvalue weighted by atomic mass is 10.0. The number of carbonyl (C=O) groups excluding carboxylic acids is 4. The third kappa shape index (κ3) is 11.7. The quantitative estimate of drug-likeness (QED) is 0.149. The number of nitrogens with two attached hydrogens (primary N) is 2. The van der Waals surface area contributed by atoms with Crippen LogP contribution in [0.4, 0.5) is 0 Å². The first-order chi connectivity index (χ1) is 19.3. The van der Waals surface area contributed by atoms with Gasteiger partial charge in [-0.2, -0.15) is 0 Å². The molecule has 4 atom stereocenters. The zero-order chi connectivity index (χ0) is 30.5. The molecule has 2 aromatic rings. The zero-order valence-corrected chi connectivity index (χ0v) is 23.2. The van der Waals surface area contributed by atoms with Crippen molar-refractivity contribution in [1.82, 2.24) is 16.0 Å². The Balaban J connectivity index is 2.24. The number of carboxylic acid groups (broad SMARTS) is 1. The van der Waals surface area contributed by atoms with Crippen molar-refractivity contribution in [2.24, 2.45) is 17.4 Å². The summed E-state index contributed by atoms with van der Waals surface area (Å²) in [5.74, 6) is -3.98. The van der Waals surface area contributed by atoms with Crippen molar-refractivity contribution in [3.05, 3.63) is 65.7 Å². The van der Waals surface area contributed by atoms with Gasteiger partial charge in [-0.05, 0) is 42.0 Å². The molecule has 0 aliphatic rings. The number of phenols is 1. The van der Waals surface area contributed by atoms with Gasteiger partial charge in [0.05, 0.1) is 6.04 Å². The first-order valence-electron chi connectivity index (χ1n) is 13.3. The highest BCUT2D eigenvalue weighted by Gasteiger charge is 2.31. The number of carbonyl (C=O) groups is 5. The van der Waals surface area contributed by atoms with E-state index in [0.717, 1.165) is 5.56 Å². The molecular weight excluding hydrogens is 530 g/mol. The van der Waals surface area contributed by atoms with E-state index in [0.29, 0.717) is 12.0 Å². The van der Waals surface area contributed by atoms with Crippen LogP contribution in [0.1, 0.15) is 44.2 Å². The monoisotopic (exact) mass is 569 g/mol. The third-order valence-electron chi connectivity index (χ3n) is 6.28. The maximum absolute atomic E-state index is 13.4. The summed E-state index contributed by atoms with van der Waals surface area (Å²) >= 11 is 0. The van der Waals surface area contributed by atoms with Crippen LogP contribution in [0, 0.1) is 5.92 Å². The number of amides is 4. The van der Waals surface area contributed by atoms with Crippen molar-refractivity contribution in [2.45, 2.75) is 70.1 Å². The molecule has 0 spiro atoms. The van der Waals surface area contributed by atoms with E-state index >= 15 is 0 Å². The number of carboxylic acids is 1. The van der Waals surface area contributed by atoms with Crippen LogP contribution in [-0.2, 0) is 36.8 Å². The highest BCUT2D eigenvalue weighted by atomic mass is 16.4. The molecule has 0 radical (unpaired) electrons. The predicted molar refractivity (Wildman–Crippen MR) is 151 cm³/mol. The van der Waals surface area contributed by atoms with Crippen LogP contribution in [0.3, 0.4) is 0 Å². The summed E-state index contributed by atoms with van der Waals surface area (Å²) in [4.78, 5) is 62.8. The number of primary amides is 1. The molecule has 12 nitrogen and oxygen atoms in total. The van der Waals surface area contributed by atoms with Crippen molar-refractivity contribution in [3.63, 3.8) is 0 Å². The van der Waals surface area contributed by atoms with Gasteiger partial charge in [0.15, 0.2) is 0 Å². The summed E-state index contributed by atoms with van der Waals surface area (Å²) in [5.41, 5.74) is 12.6. The zero-order valence-electron chi connectivity index (χ0n) is 23.2. The molecule has 0 saturated heterocycles. The van der Waals surface area contributed by atoms with Crippen molar-refractivity contribution in [3.8, 4) is 5.75 Å². The van der Waals surface area contributed by atoms with Crippen molar-refractivity contribution >= 4 is 29.6 Å². The molecule has 0 fully saturated rings. The molecule has 0 saturated carbocycles. The van der Waals surface area contributed by atoms with E-state index in [9.17, 15) is 34.2 Å². The molecule has 0 aliphatic carbocycles. The fourth-order valence-electron chi connectivity index (χ4n) is 4.12. The lowest BCUT2D eigenvalue weighted by Crippen LogP contribution is -2.58. The molecule has 0 bridgehead atoms. The molecule has 2 rings (SSSR count). The second kappa shape index (κ2) is 16.0. The SMILES string of the molecule is CC(C)CC(N)C(=O)NC(Cc1ccccc1)C(=O)NC(CCC(N)=O)C(=O)NC(Cc1ccc(O)cc1)C(=O)O. The highest BCUT2D eigenvalue weighted by molar-refractivity contribution is 5.94. The summed E-state index contributed by atoms with van der Waals surface area (Å²) in [6.07, 6.45) is -0.0685. The number of hydrogen-bond donors (Lipinski definition) is 7. The summed E-state index contributed by atoms with van der Waals surface area (Å²) in [6, 6.07) is 10.1. The Morgan fingerprint density at radius 2 is 1.27 bits per heavy atom. The Bertz CT molecular complexity index is 1190. The van der Waals surface area contributed by atoms with Crippen LogP contribution in [-0.4, -0.2) is 64.0 Å². The molecule has 9 N–H and O–H groups in total. The molecule has 12 heteroatoms. The van der Waals surface area contributed by atoms with Crippen LogP contribution >= 0.6 is 0 Å². The number of phenolic OH excluding ortho intramolecular Hbond substituents is 1. The fraction of sp³-hybridized carbons (Fsp3) is 0.414. The normalized spacial score (nSPS) is 13.9. The summed E-state index contributed by atoms with van der Waals surface area (Å²) in [5, 5.41) is 26.8. The Hall–Kier alpha value is -4.45. The number of hydrogen-bond acceptors (Lipinski definition) is 7. The number of nitrogens with one attached hydrogen (secondary N) is 3. The van der Waals surface area contributed by atoms with Gasteiger partial charge in [0, 0.05) is 19.3 Å². The number of aliphatic carboxylic acids is 1. The molecule has 4 amide bonds. The van der Waals surface area contributed by atoms with Crippen LogP contribution < -0.4 is 27.4 Å². The van der Waals surface area contributed by atoms with E-state index in [2.05, 4.69) is 16.0 Å². The first-order valence-corrected chi connectivity index (χ1v) is 13.3. The van der Waals surface area contributed by atoms with Gasteiger partial charge in [-0.15, -0.1) is 0 Å². The van der Waals surface area contributed by atoms with E-state index in [1.54, 1.807) is 30.3 Å². The maximum Gasteiger partial charge on any atom is 0.326 e. The smallest absolute Gasteiger partial charge is 0.326 e. The molecular formula is C29H39N5O7. The molecule has 222 valence electrons. The standard InChI is InChI=1S/C29H39N5O7/c1-17(2)14-21(30)26(37)33-23(15-18-6-4-3-5-7-18)28(39)32-22(12-13-25(31)36)27(38)34-24(29(40)41)16-19-8-10-20(35)11-9-19/h3-11,17,21-24,35H,12-16,30H2,1-2H3,(H2,31,36)(H,32,39)(H,33,37)(H,34,38)(H,40,41). The third-order valence-corrected chi connectivity index (χ3v) is 6.28. The minimum atomic E-state index is -1.37. The van der Waals surface area contributed by atoms with Gasteiger partial charge in [0.1, 0.15) is 23.9 Å². The molecule has 0 heterocycles. The van der Waals surface area contributed by atoms with Gasteiger partial charge in [0.2, 0.25) is 23.6 Å². The van der Waals surface area contributed by atoms with Crippen molar-refractivity contribution in [1.29, 1.82) is 0 Å². The van der Waals surface area contributed by atoms with Crippen LogP contribution in [0.5, 0.6) is 5.75 Å². The summed E-state index contributed by atoms with van der Waals surface area (Å²) < 4.78 is 0. The Morgan fingerprint density at radius 3 is 1.83 bits per heavy atom. The van der Waals surface area contributed by atoms with E-state index in [1.165, 1.54) is 24.3 Å². The average molecular weight is 570 g/mol. The fourth-order valence-corrected chi connectivity index (χ4v) is 4.12. The average Bonchev–Trinajstić information content (AvgIpc) is 2.91. The second-order valence-electron chi connectivity index (χ2n) is 10.3. The number of rotatable bonds is 16. The summed E-state index contributed by atoms with van der Waals surface area (Å²) in [7, 11) is 0. The predicted octanol–water partition coefficient (Wildman–Crippen LogP) is 0.355. The molecule has 4 unspecified atom stereocenters. The molecule has 2 aromatic carbocycles. The van der Waals surface area contributed by atoms with Crippen LogP contribution in [0.2, 0.25) is 0 Å². The molecule has 0 aliphatic heterocycles. The molecule has 0 aromatic heterocycles. The minimum Gasteiger partial charge on any atom is -0.508 e. The maximum atomic E-state index is 13.4. The van der Waals surface area contributed by atoms with Crippen molar-refractivity contribution < 1.29 is 34.2 Å². The molecule has 41 heavy (non-hydrogen) atoms. The summed E-state index contributed by atoms with van der Waals surface area (Å²) in [6.45, 7) is 3.82. The van der Waals surface area contributed by atoms with Crippen LogP contribution in [0.25, 0.3) is 0 Å². The van der Waals surface area contributed by atoms with Crippen LogP contribution in [0.15, 0.2) is 54.6 Å². The van der Waals surface area contributed by atoms with Gasteiger partial charge >= 0.3 is 5.97 Å². The second-order valence-corrected chi connectivity index (χ2v) is 10.3. The minimum absolute atomic E-state index is 0.00111. The van der Waals surface area contributed by atoms with E-state index in [-0.39, 0.29) is 37.4 Å². The highest BCUT2D eigenvalue weighted by Crippen LogP contribution is 2.12. The Morgan fingerprint density at radius 1 is 0.756 bits per heavy atom. The van der Waals surface area contributed by atoms with E-state index < -0.39 is 53.8 Å². The van der Waals surface area contributed by atoms with Gasteiger partial charge < -0.3 is 37.6 Å². The lowest BCUT2D eigenvalue weighted by Gasteiger charge is -2.25. The van der Waals surface area contributed by atoms with E-state index in [1.807, 2.05) is 13.8 Å². The first kappa shape index (κ1) is 32.8. The van der Waals surface area contributed by atoms with Gasteiger partial charge in [-0.3, -0.25) is 19.2 Å². The van der Waals surface area contributed by atoms with Gasteiger partial charge in [-0.25, -0.2) is 4.79 Å². The van der Waals surface area contributed by atoms with Gasteiger partial charge in [0.25, 0.3) is 0 Å². The largest absolute Gasteiger partial charge is 0.508 e. The lowest BCUT2D eigenvalue weighted by molar-refractivity contribution is -0.142. The van der Waals surface area contributed by atoms with Crippen molar-refractivity contribution in [2.75, 3.05) is 0 Å².